The highest BCUT2D eigenvalue weighted by Crippen LogP contribution is 2.13. The van der Waals surface area contributed by atoms with Crippen molar-refractivity contribution < 1.29 is 4.74 Å². The Bertz CT molecular complexity index is 279. The van der Waals surface area contributed by atoms with Gasteiger partial charge < -0.3 is 10.1 Å². The van der Waals surface area contributed by atoms with Gasteiger partial charge in [-0.25, -0.2) is 0 Å². The lowest BCUT2D eigenvalue weighted by molar-refractivity contribution is 0.0247. The van der Waals surface area contributed by atoms with Crippen molar-refractivity contribution in [3.8, 4) is 0 Å². The van der Waals surface area contributed by atoms with Crippen LogP contribution in [-0.2, 0) is 11.8 Å². The summed E-state index contributed by atoms with van der Waals surface area (Å²) in [7, 11) is 1.92. The fourth-order valence-electron chi connectivity index (χ4n) is 1.71. The number of aryl methyl sites for hydroxylation is 1. The van der Waals surface area contributed by atoms with E-state index < -0.39 is 0 Å². The van der Waals surface area contributed by atoms with E-state index in [1.807, 2.05) is 19.4 Å². The first kappa shape index (κ1) is 9.52. The van der Waals surface area contributed by atoms with Gasteiger partial charge >= 0.3 is 0 Å². The van der Waals surface area contributed by atoms with Crippen molar-refractivity contribution >= 4 is 5.69 Å². The van der Waals surface area contributed by atoms with Gasteiger partial charge in [-0.15, -0.1) is 0 Å². The molecule has 0 bridgehead atoms. The van der Waals surface area contributed by atoms with Crippen molar-refractivity contribution in [1.82, 2.24) is 9.78 Å². The van der Waals surface area contributed by atoms with E-state index in [1.54, 1.807) is 4.68 Å². The average Bonchev–Trinajstić information content (AvgIpc) is 2.63. The molecule has 1 aromatic heterocycles. The Kier molecular flexibility index (Phi) is 3.03. The van der Waals surface area contributed by atoms with Crippen molar-refractivity contribution in [3.05, 3.63) is 12.4 Å². The van der Waals surface area contributed by atoms with Crippen LogP contribution in [0.5, 0.6) is 0 Å². The first-order valence-corrected chi connectivity index (χ1v) is 5.19. The molecule has 0 aliphatic carbocycles. The minimum absolute atomic E-state index is 0.379. The Morgan fingerprint density at radius 2 is 2.57 bits per heavy atom. The van der Waals surface area contributed by atoms with E-state index >= 15 is 0 Å². The Morgan fingerprint density at radius 3 is 3.21 bits per heavy atom. The first-order valence-electron chi connectivity index (χ1n) is 5.19. The predicted molar refractivity (Wildman–Crippen MR) is 55.3 cm³/mol. The van der Waals surface area contributed by atoms with Gasteiger partial charge in [0.2, 0.25) is 0 Å². The van der Waals surface area contributed by atoms with E-state index in [0.29, 0.717) is 6.10 Å². The van der Waals surface area contributed by atoms with Crippen molar-refractivity contribution in [2.75, 3.05) is 18.5 Å². The molecular weight excluding hydrogens is 178 g/mol. The number of nitrogens with zero attached hydrogens (tertiary/aromatic N) is 2. The van der Waals surface area contributed by atoms with Crippen molar-refractivity contribution in [2.24, 2.45) is 7.05 Å². The summed E-state index contributed by atoms with van der Waals surface area (Å²) in [5.74, 6) is 0. The van der Waals surface area contributed by atoms with Gasteiger partial charge in [0.05, 0.1) is 18.0 Å². The fraction of sp³-hybridized carbons (Fsp3) is 0.700. The van der Waals surface area contributed by atoms with E-state index in [2.05, 4.69) is 10.4 Å². The predicted octanol–water partition coefficient (Wildman–Crippen LogP) is 1.40. The maximum absolute atomic E-state index is 5.62. The maximum Gasteiger partial charge on any atom is 0.0747 e. The molecule has 0 saturated carbocycles. The van der Waals surface area contributed by atoms with Gasteiger partial charge in [-0.2, -0.15) is 5.10 Å². The highest BCUT2D eigenvalue weighted by Gasteiger charge is 2.13. The molecule has 2 heterocycles. The molecule has 1 N–H and O–H groups in total. The van der Waals surface area contributed by atoms with Crippen molar-refractivity contribution in [2.45, 2.75) is 25.4 Å². The number of hydrogen-bond donors (Lipinski definition) is 1. The third kappa shape index (κ3) is 2.48. The van der Waals surface area contributed by atoms with Crippen molar-refractivity contribution in [1.29, 1.82) is 0 Å². The lowest BCUT2D eigenvalue weighted by Gasteiger charge is -2.22. The van der Waals surface area contributed by atoms with Crippen LogP contribution >= 0.6 is 0 Å². The van der Waals surface area contributed by atoms with E-state index in [-0.39, 0.29) is 0 Å². The Morgan fingerprint density at radius 1 is 1.64 bits per heavy atom. The van der Waals surface area contributed by atoms with E-state index in [0.717, 1.165) is 18.8 Å². The van der Waals surface area contributed by atoms with Crippen LogP contribution in [0.3, 0.4) is 0 Å². The molecule has 0 amide bonds. The quantitative estimate of drug-likeness (QED) is 0.792. The van der Waals surface area contributed by atoms with Crippen LogP contribution in [0.1, 0.15) is 19.3 Å². The van der Waals surface area contributed by atoms with Gasteiger partial charge in [0, 0.05) is 26.4 Å². The number of rotatable bonds is 3. The van der Waals surface area contributed by atoms with Crippen LogP contribution < -0.4 is 5.32 Å². The second-order valence-electron chi connectivity index (χ2n) is 3.77. The average molecular weight is 195 g/mol. The molecule has 1 saturated heterocycles. The normalized spacial score (nSPS) is 22.2. The third-order valence-electron chi connectivity index (χ3n) is 2.51. The number of ether oxygens (including phenoxy) is 1. The molecule has 1 aromatic rings. The van der Waals surface area contributed by atoms with Gasteiger partial charge in [-0.3, -0.25) is 4.68 Å². The summed E-state index contributed by atoms with van der Waals surface area (Å²) in [4.78, 5) is 0. The number of anilines is 1. The molecule has 78 valence electrons. The molecule has 0 unspecified atom stereocenters. The highest BCUT2D eigenvalue weighted by molar-refractivity contribution is 5.37. The largest absolute Gasteiger partial charge is 0.380 e. The summed E-state index contributed by atoms with van der Waals surface area (Å²) < 4.78 is 7.41. The van der Waals surface area contributed by atoms with Crippen LogP contribution in [0.15, 0.2) is 12.4 Å². The number of hydrogen-bond acceptors (Lipinski definition) is 3. The van der Waals surface area contributed by atoms with Gasteiger partial charge in [0.25, 0.3) is 0 Å². The molecule has 1 aliphatic rings. The van der Waals surface area contributed by atoms with Gasteiger partial charge in [0.15, 0.2) is 0 Å². The molecule has 14 heavy (non-hydrogen) atoms. The molecule has 4 heteroatoms. The van der Waals surface area contributed by atoms with E-state index in [4.69, 9.17) is 4.74 Å². The zero-order valence-electron chi connectivity index (χ0n) is 8.57. The minimum Gasteiger partial charge on any atom is -0.380 e. The lowest BCUT2D eigenvalue weighted by atomic mass is 10.1. The zero-order valence-corrected chi connectivity index (χ0v) is 8.57. The summed E-state index contributed by atoms with van der Waals surface area (Å²) in [5, 5.41) is 7.42. The van der Waals surface area contributed by atoms with Crippen molar-refractivity contribution in [3.63, 3.8) is 0 Å². The molecule has 1 aliphatic heterocycles. The Balaban J connectivity index is 1.76. The fourth-order valence-corrected chi connectivity index (χ4v) is 1.71. The van der Waals surface area contributed by atoms with Crippen LogP contribution in [-0.4, -0.2) is 29.0 Å². The van der Waals surface area contributed by atoms with E-state index in [9.17, 15) is 0 Å². The molecular formula is C10H17N3O. The molecule has 0 radical (unpaired) electrons. The number of nitrogens with one attached hydrogen (secondary N) is 1. The topological polar surface area (TPSA) is 39.1 Å². The summed E-state index contributed by atoms with van der Waals surface area (Å²) in [6.07, 6.45) is 7.87. The SMILES string of the molecule is Cn1cc(NC[C@H]2CCCCO2)cn1. The first-order chi connectivity index (χ1) is 6.84. The maximum atomic E-state index is 5.62. The molecule has 0 spiro atoms. The summed E-state index contributed by atoms with van der Waals surface area (Å²) in [5.41, 5.74) is 1.07. The smallest absolute Gasteiger partial charge is 0.0747 e. The minimum atomic E-state index is 0.379. The van der Waals surface area contributed by atoms with Crippen LogP contribution in [0, 0.1) is 0 Å². The van der Waals surface area contributed by atoms with Gasteiger partial charge in [-0.05, 0) is 19.3 Å². The zero-order chi connectivity index (χ0) is 9.80. The molecule has 1 fully saturated rings. The highest BCUT2D eigenvalue weighted by atomic mass is 16.5. The van der Waals surface area contributed by atoms with Crippen LogP contribution in [0.25, 0.3) is 0 Å². The second-order valence-corrected chi connectivity index (χ2v) is 3.77. The summed E-state index contributed by atoms with van der Waals surface area (Å²) >= 11 is 0. The number of aromatic nitrogens is 2. The molecule has 2 rings (SSSR count). The Labute approximate surface area is 84.3 Å². The van der Waals surface area contributed by atoms with Gasteiger partial charge in [0.1, 0.15) is 0 Å². The van der Waals surface area contributed by atoms with E-state index in [1.165, 1.54) is 19.3 Å². The summed E-state index contributed by atoms with van der Waals surface area (Å²) in [6, 6.07) is 0. The monoisotopic (exact) mass is 195 g/mol. The standard InChI is InChI=1S/C10H17N3O/c1-13-8-9(6-12-13)11-7-10-4-2-3-5-14-10/h6,8,10-11H,2-5,7H2,1H3/t10-/m1/s1. The molecule has 1 atom stereocenters. The van der Waals surface area contributed by atoms with Gasteiger partial charge in [-0.1, -0.05) is 0 Å². The Hall–Kier alpha value is -1.03. The van der Waals surface area contributed by atoms with Crippen LogP contribution in [0.2, 0.25) is 0 Å². The summed E-state index contributed by atoms with van der Waals surface area (Å²) in [6.45, 7) is 1.81. The lowest BCUT2D eigenvalue weighted by Crippen LogP contribution is -2.26. The second kappa shape index (κ2) is 4.46. The third-order valence-corrected chi connectivity index (χ3v) is 2.51. The van der Waals surface area contributed by atoms with Crippen LogP contribution in [0.4, 0.5) is 5.69 Å². The molecule has 4 nitrogen and oxygen atoms in total. The molecule has 0 aromatic carbocycles.